The van der Waals surface area contributed by atoms with E-state index in [4.69, 9.17) is 0 Å². The van der Waals surface area contributed by atoms with Crippen molar-refractivity contribution in [3.8, 4) is 0 Å². The molecule has 0 aliphatic heterocycles. The number of guanidine groups is 1. The highest BCUT2D eigenvalue weighted by molar-refractivity contribution is 14.0. The van der Waals surface area contributed by atoms with E-state index >= 15 is 0 Å². The van der Waals surface area contributed by atoms with Gasteiger partial charge in [0.2, 0.25) is 0 Å². The van der Waals surface area contributed by atoms with Gasteiger partial charge in [-0.2, -0.15) is 0 Å². The molecule has 1 N–H and O–H groups in total. The first-order valence-electron chi connectivity index (χ1n) is 7.49. The van der Waals surface area contributed by atoms with E-state index in [1.165, 1.54) is 6.07 Å². The van der Waals surface area contributed by atoms with Crippen molar-refractivity contribution in [2.45, 2.75) is 20.4 Å². The molecule has 0 atom stereocenters. The second kappa shape index (κ2) is 11.6. The lowest BCUT2D eigenvalue weighted by Crippen LogP contribution is -2.39. The van der Waals surface area contributed by atoms with Crippen LogP contribution in [0.3, 0.4) is 0 Å². The monoisotopic (exact) mass is 422 g/mol. The summed E-state index contributed by atoms with van der Waals surface area (Å²) >= 11 is 0. The van der Waals surface area contributed by atoms with Crippen molar-refractivity contribution >= 4 is 29.9 Å². The van der Waals surface area contributed by atoms with Crippen molar-refractivity contribution in [3.05, 3.63) is 35.6 Å². The molecular formula is C16H28FIN4. The summed E-state index contributed by atoms with van der Waals surface area (Å²) in [5, 5.41) is 3.27. The maximum Gasteiger partial charge on any atom is 0.194 e. The molecule has 22 heavy (non-hydrogen) atoms. The van der Waals surface area contributed by atoms with Gasteiger partial charge in [-0.05, 0) is 38.2 Å². The maximum atomic E-state index is 13.2. The van der Waals surface area contributed by atoms with Crippen LogP contribution in [0.5, 0.6) is 0 Å². The Kier molecular flexibility index (Phi) is 11.2. The molecule has 1 aromatic rings. The van der Waals surface area contributed by atoms with E-state index in [0.29, 0.717) is 6.54 Å². The predicted molar refractivity (Wildman–Crippen MR) is 102 cm³/mol. The molecule has 0 radical (unpaired) electrons. The molecule has 0 heterocycles. The Balaban J connectivity index is 0.00000441. The number of nitrogens with one attached hydrogen (secondary N) is 1. The van der Waals surface area contributed by atoms with Crippen LogP contribution in [0.2, 0.25) is 0 Å². The van der Waals surface area contributed by atoms with Crippen molar-refractivity contribution in [2.24, 2.45) is 4.99 Å². The first-order chi connectivity index (χ1) is 10.1. The number of halogens is 2. The van der Waals surface area contributed by atoms with Crippen LogP contribution in [-0.4, -0.2) is 56.0 Å². The summed E-state index contributed by atoms with van der Waals surface area (Å²) in [5.41, 5.74) is 0.939. The Morgan fingerprint density at radius 3 is 2.59 bits per heavy atom. The normalized spacial score (nSPS) is 11.3. The summed E-state index contributed by atoms with van der Waals surface area (Å²) in [4.78, 5) is 8.86. The first-order valence-corrected chi connectivity index (χ1v) is 7.49. The Labute approximate surface area is 150 Å². The molecule has 1 rings (SSSR count). The fourth-order valence-corrected chi connectivity index (χ4v) is 1.94. The van der Waals surface area contributed by atoms with E-state index in [0.717, 1.165) is 37.7 Å². The number of hydrogen-bond acceptors (Lipinski definition) is 2. The third-order valence-corrected chi connectivity index (χ3v) is 3.29. The van der Waals surface area contributed by atoms with Gasteiger partial charge in [0.1, 0.15) is 5.82 Å². The standard InChI is InChI=1S/C16H27FN4.HI/c1-5-18-16(19-10-11-20(3)6-2)21(4)13-14-8-7-9-15(17)12-14;/h7-9,12H,5-6,10-11,13H2,1-4H3,(H,18,19);1H. The smallest absolute Gasteiger partial charge is 0.194 e. The van der Waals surface area contributed by atoms with Gasteiger partial charge in [0.15, 0.2) is 5.96 Å². The molecule has 0 amide bonds. The van der Waals surface area contributed by atoms with Gasteiger partial charge in [-0.15, -0.1) is 24.0 Å². The lowest BCUT2D eigenvalue weighted by atomic mass is 10.2. The molecular weight excluding hydrogens is 394 g/mol. The summed E-state index contributed by atoms with van der Waals surface area (Å²) < 4.78 is 13.2. The third-order valence-electron chi connectivity index (χ3n) is 3.29. The molecule has 0 unspecified atom stereocenters. The molecule has 1 aromatic carbocycles. The summed E-state index contributed by atoms with van der Waals surface area (Å²) in [6.07, 6.45) is 0. The summed E-state index contributed by atoms with van der Waals surface area (Å²) in [6, 6.07) is 6.68. The summed E-state index contributed by atoms with van der Waals surface area (Å²) in [6.45, 7) is 8.32. The van der Waals surface area contributed by atoms with Crippen molar-refractivity contribution < 1.29 is 4.39 Å². The highest BCUT2D eigenvalue weighted by atomic mass is 127. The van der Waals surface area contributed by atoms with E-state index in [-0.39, 0.29) is 29.8 Å². The SMILES string of the molecule is CCNC(=NCCN(C)CC)N(C)Cc1cccc(F)c1.I. The molecule has 4 nitrogen and oxygen atoms in total. The third kappa shape index (κ3) is 7.93. The van der Waals surface area contributed by atoms with Gasteiger partial charge in [-0.3, -0.25) is 4.99 Å². The molecule has 0 aliphatic carbocycles. The van der Waals surface area contributed by atoms with Crippen LogP contribution in [0.4, 0.5) is 4.39 Å². The Bertz CT molecular complexity index is 454. The van der Waals surface area contributed by atoms with Gasteiger partial charge in [-0.25, -0.2) is 4.39 Å². The zero-order valence-corrected chi connectivity index (χ0v) is 16.3. The van der Waals surface area contributed by atoms with Crippen LogP contribution in [0.15, 0.2) is 29.3 Å². The van der Waals surface area contributed by atoms with Crippen LogP contribution in [0, 0.1) is 5.82 Å². The minimum Gasteiger partial charge on any atom is -0.357 e. The van der Waals surface area contributed by atoms with Crippen LogP contribution in [-0.2, 0) is 6.54 Å². The van der Waals surface area contributed by atoms with Crippen molar-refractivity contribution in [2.75, 3.05) is 40.3 Å². The first kappa shape index (κ1) is 21.1. The van der Waals surface area contributed by atoms with Gasteiger partial charge in [-0.1, -0.05) is 19.1 Å². The maximum absolute atomic E-state index is 13.2. The minimum atomic E-state index is -0.201. The fourth-order valence-electron chi connectivity index (χ4n) is 1.94. The van der Waals surface area contributed by atoms with Crippen LogP contribution in [0.1, 0.15) is 19.4 Å². The van der Waals surface area contributed by atoms with Gasteiger partial charge in [0.05, 0.1) is 6.54 Å². The average Bonchev–Trinajstić information content (AvgIpc) is 2.46. The highest BCUT2D eigenvalue weighted by Gasteiger charge is 2.07. The molecule has 0 spiro atoms. The zero-order chi connectivity index (χ0) is 15.7. The highest BCUT2D eigenvalue weighted by Crippen LogP contribution is 2.06. The second-order valence-electron chi connectivity index (χ2n) is 5.12. The largest absolute Gasteiger partial charge is 0.357 e. The molecule has 0 saturated heterocycles. The number of rotatable bonds is 7. The number of nitrogens with zero attached hydrogens (tertiary/aromatic N) is 3. The van der Waals surface area contributed by atoms with E-state index in [9.17, 15) is 4.39 Å². The van der Waals surface area contributed by atoms with E-state index < -0.39 is 0 Å². The van der Waals surface area contributed by atoms with E-state index in [2.05, 4.69) is 29.2 Å². The van der Waals surface area contributed by atoms with Crippen molar-refractivity contribution in [1.82, 2.24) is 15.1 Å². The summed E-state index contributed by atoms with van der Waals surface area (Å²) in [7, 11) is 4.05. The number of benzene rings is 1. The molecule has 126 valence electrons. The minimum absolute atomic E-state index is 0. The molecule has 0 saturated carbocycles. The molecule has 0 fully saturated rings. The molecule has 0 aliphatic rings. The van der Waals surface area contributed by atoms with Gasteiger partial charge < -0.3 is 15.1 Å². The lowest BCUT2D eigenvalue weighted by Gasteiger charge is -2.22. The van der Waals surface area contributed by atoms with Crippen LogP contribution < -0.4 is 5.32 Å². The topological polar surface area (TPSA) is 30.9 Å². The van der Waals surface area contributed by atoms with Crippen LogP contribution >= 0.6 is 24.0 Å². The van der Waals surface area contributed by atoms with Gasteiger partial charge in [0, 0.05) is 26.7 Å². The van der Waals surface area contributed by atoms with Gasteiger partial charge in [0.25, 0.3) is 0 Å². The Morgan fingerprint density at radius 2 is 2.00 bits per heavy atom. The zero-order valence-electron chi connectivity index (χ0n) is 14.0. The Hall–Kier alpha value is -0.890. The number of aliphatic imine (C=N–C) groups is 1. The number of likely N-dealkylation sites (N-methyl/N-ethyl adjacent to an activating group) is 1. The number of hydrogen-bond donors (Lipinski definition) is 1. The fraction of sp³-hybridized carbons (Fsp3) is 0.562. The van der Waals surface area contributed by atoms with E-state index in [1.807, 2.05) is 24.9 Å². The van der Waals surface area contributed by atoms with Crippen molar-refractivity contribution in [3.63, 3.8) is 0 Å². The van der Waals surface area contributed by atoms with Gasteiger partial charge >= 0.3 is 0 Å². The molecule has 0 bridgehead atoms. The second-order valence-corrected chi connectivity index (χ2v) is 5.12. The predicted octanol–water partition coefficient (Wildman–Crippen LogP) is 2.79. The Morgan fingerprint density at radius 1 is 1.27 bits per heavy atom. The average molecular weight is 422 g/mol. The molecule has 6 heteroatoms. The summed E-state index contributed by atoms with van der Waals surface area (Å²) in [5.74, 6) is 0.652. The van der Waals surface area contributed by atoms with Crippen molar-refractivity contribution in [1.29, 1.82) is 0 Å². The van der Waals surface area contributed by atoms with E-state index in [1.54, 1.807) is 12.1 Å². The van der Waals surface area contributed by atoms with Crippen LogP contribution in [0.25, 0.3) is 0 Å². The quantitative estimate of drug-likeness (QED) is 0.417. The lowest BCUT2D eigenvalue weighted by molar-refractivity contribution is 0.361. The molecule has 0 aromatic heterocycles.